The summed E-state index contributed by atoms with van der Waals surface area (Å²) in [5.74, 6) is 0. The second-order valence-electron chi connectivity index (χ2n) is 4.08. The van der Waals surface area contributed by atoms with Crippen molar-refractivity contribution in [3.05, 3.63) is 42.7 Å². The monoisotopic (exact) mass is 213 g/mol. The third-order valence-corrected chi connectivity index (χ3v) is 2.91. The first-order valence-electron chi connectivity index (χ1n) is 5.69. The van der Waals surface area contributed by atoms with Crippen molar-refractivity contribution in [3.8, 4) is 0 Å². The summed E-state index contributed by atoms with van der Waals surface area (Å²) >= 11 is 0. The van der Waals surface area contributed by atoms with Gasteiger partial charge in [-0.15, -0.1) is 0 Å². The highest BCUT2D eigenvalue weighted by molar-refractivity contribution is 5.92. The van der Waals surface area contributed by atoms with E-state index in [2.05, 4.69) is 45.9 Å². The Bertz CT molecular complexity index is 513. The Labute approximate surface area is 94.7 Å². The second-order valence-corrected chi connectivity index (χ2v) is 4.08. The molecule has 3 heteroatoms. The third-order valence-electron chi connectivity index (χ3n) is 2.91. The first-order valence-corrected chi connectivity index (χ1v) is 5.69. The smallest absolute Gasteiger partial charge is 0.0795 e. The minimum absolute atomic E-state index is 1.07. The molecule has 0 aliphatic carbocycles. The van der Waals surface area contributed by atoms with E-state index < -0.39 is 0 Å². The molecule has 1 aliphatic heterocycles. The van der Waals surface area contributed by atoms with Gasteiger partial charge in [-0.2, -0.15) is 0 Å². The molecule has 0 radical (unpaired) electrons. The molecule has 1 aromatic carbocycles. The van der Waals surface area contributed by atoms with E-state index in [-0.39, 0.29) is 0 Å². The number of rotatable bonds is 2. The van der Waals surface area contributed by atoms with E-state index in [4.69, 9.17) is 0 Å². The van der Waals surface area contributed by atoms with Crippen molar-refractivity contribution in [2.75, 3.05) is 12.0 Å². The van der Waals surface area contributed by atoms with Crippen LogP contribution < -0.4 is 5.43 Å². The largest absolute Gasteiger partial charge is 0.359 e. The van der Waals surface area contributed by atoms with E-state index in [1.54, 1.807) is 0 Å². The Morgan fingerprint density at radius 2 is 2.19 bits per heavy atom. The van der Waals surface area contributed by atoms with E-state index in [0.29, 0.717) is 0 Å². The highest BCUT2D eigenvalue weighted by Crippen LogP contribution is 2.23. The molecule has 0 atom stereocenters. The number of hydrogen-bond donors (Lipinski definition) is 2. The summed E-state index contributed by atoms with van der Waals surface area (Å²) in [6.45, 7) is 1.07. The number of nitrogens with zero attached hydrogens (tertiary/aromatic N) is 1. The number of aromatic amines is 1. The highest BCUT2D eigenvalue weighted by Gasteiger charge is 2.06. The van der Waals surface area contributed by atoms with Crippen LogP contribution in [0, 0.1) is 0 Å². The Hall–Kier alpha value is -1.90. The average molecular weight is 213 g/mol. The van der Waals surface area contributed by atoms with E-state index in [1.807, 2.05) is 12.3 Å². The molecule has 2 heterocycles. The van der Waals surface area contributed by atoms with Gasteiger partial charge in [-0.05, 0) is 18.9 Å². The van der Waals surface area contributed by atoms with Crippen LogP contribution in [0.3, 0.4) is 0 Å². The van der Waals surface area contributed by atoms with Crippen LogP contribution in [0.15, 0.2) is 42.7 Å². The minimum atomic E-state index is 1.07. The third kappa shape index (κ3) is 1.65. The quantitative estimate of drug-likeness (QED) is 0.803. The highest BCUT2D eigenvalue weighted by atomic mass is 15.5. The number of hydrogen-bond acceptors (Lipinski definition) is 2. The lowest BCUT2D eigenvalue weighted by Gasteiger charge is -2.24. The zero-order valence-corrected chi connectivity index (χ0v) is 9.11. The molecule has 0 saturated heterocycles. The van der Waals surface area contributed by atoms with Crippen LogP contribution in [-0.4, -0.2) is 16.5 Å². The molecule has 0 unspecified atom stereocenters. The van der Waals surface area contributed by atoms with E-state index in [9.17, 15) is 0 Å². The number of aromatic nitrogens is 1. The zero-order chi connectivity index (χ0) is 10.8. The van der Waals surface area contributed by atoms with Crippen molar-refractivity contribution in [1.82, 2.24) is 9.99 Å². The molecule has 2 aromatic rings. The van der Waals surface area contributed by atoms with Gasteiger partial charge in [0.1, 0.15) is 0 Å². The van der Waals surface area contributed by atoms with Crippen LogP contribution in [0.5, 0.6) is 0 Å². The molecule has 0 spiro atoms. The summed E-state index contributed by atoms with van der Waals surface area (Å²) in [4.78, 5) is 3.26. The molecule has 82 valence electrons. The van der Waals surface area contributed by atoms with Gasteiger partial charge in [0.2, 0.25) is 0 Å². The normalized spacial score (nSPS) is 15.6. The van der Waals surface area contributed by atoms with Gasteiger partial charge in [0, 0.05) is 29.8 Å². The minimum Gasteiger partial charge on any atom is -0.359 e. The molecular weight excluding hydrogens is 198 g/mol. The number of para-hydroxylation sites is 1. The summed E-state index contributed by atoms with van der Waals surface area (Å²) in [6, 6.07) is 8.32. The maximum atomic E-state index is 3.42. The Morgan fingerprint density at radius 3 is 3.06 bits per heavy atom. The average Bonchev–Trinajstić information content (AvgIpc) is 2.74. The van der Waals surface area contributed by atoms with Crippen LogP contribution in [0.25, 0.3) is 10.9 Å². The summed E-state index contributed by atoms with van der Waals surface area (Å²) in [5, 5.41) is 3.38. The Morgan fingerprint density at radius 1 is 1.25 bits per heavy atom. The summed E-state index contributed by atoms with van der Waals surface area (Å²) < 4.78 is 0. The summed E-state index contributed by atoms with van der Waals surface area (Å²) in [5.41, 5.74) is 5.73. The van der Waals surface area contributed by atoms with Crippen molar-refractivity contribution >= 4 is 16.6 Å². The SMILES string of the molecule is C1=CN(Nc2c[nH]c3ccccc23)CCC1. The number of nitrogens with one attached hydrogen (secondary N) is 2. The molecule has 3 nitrogen and oxygen atoms in total. The van der Waals surface area contributed by atoms with Crippen LogP contribution >= 0.6 is 0 Å². The maximum absolute atomic E-state index is 3.42. The van der Waals surface area contributed by atoms with Gasteiger partial charge in [-0.3, -0.25) is 10.4 Å². The van der Waals surface area contributed by atoms with Gasteiger partial charge >= 0.3 is 0 Å². The lowest BCUT2D eigenvalue weighted by Crippen LogP contribution is -2.27. The fourth-order valence-electron chi connectivity index (χ4n) is 2.07. The lowest BCUT2D eigenvalue weighted by atomic mass is 10.2. The molecular formula is C13H15N3. The van der Waals surface area contributed by atoms with Gasteiger partial charge in [0.05, 0.1) is 5.69 Å². The zero-order valence-electron chi connectivity index (χ0n) is 9.11. The molecule has 1 aromatic heterocycles. The number of allylic oxidation sites excluding steroid dienone is 1. The second kappa shape index (κ2) is 3.93. The lowest BCUT2D eigenvalue weighted by molar-refractivity contribution is 0.420. The number of anilines is 1. The van der Waals surface area contributed by atoms with Crippen molar-refractivity contribution in [2.45, 2.75) is 12.8 Å². The van der Waals surface area contributed by atoms with Gasteiger partial charge in [0.15, 0.2) is 0 Å². The van der Waals surface area contributed by atoms with Crippen molar-refractivity contribution < 1.29 is 0 Å². The van der Waals surface area contributed by atoms with Crippen molar-refractivity contribution in [3.63, 3.8) is 0 Å². The van der Waals surface area contributed by atoms with Crippen LogP contribution in [0.4, 0.5) is 5.69 Å². The first kappa shape index (κ1) is 9.33. The Balaban J connectivity index is 1.88. The maximum Gasteiger partial charge on any atom is 0.0795 e. The van der Waals surface area contributed by atoms with Gasteiger partial charge in [-0.25, -0.2) is 0 Å². The number of benzene rings is 1. The Kier molecular flexibility index (Phi) is 2.29. The predicted octanol–water partition coefficient (Wildman–Crippen LogP) is 3.10. The van der Waals surface area contributed by atoms with Gasteiger partial charge in [0.25, 0.3) is 0 Å². The van der Waals surface area contributed by atoms with Crippen LogP contribution in [0.1, 0.15) is 12.8 Å². The van der Waals surface area contributed by atoms with Gasteiger partial charge in [-0.1, -0.05) is 24.3 Å². The summed E-state index contributed by atoms with van der Waals surface area (Å²) in [7, 11) is 0. The first-order chi connectivity index (χ1) is 7.93. The van der Waals surface area contributed by atoms with Gasteiger partial charge < -0.3 is 4.98 Å². The fourth-order valence-corrected chi connectivity index (χ4v) is 2.07. The summed E-state index contributed by atoms with van der Waals surface area (Å²) in [6.07, 6.45) is 8.74. The molecule has 0 saturated carbocycles. The molecule has 0 fully saturated rings. The molecule has 3 rings (SSSR count). The molecule has 0 amide bonds. The van der Waals surface area contributed by atoms with E-state index in [0.717, 1.165) is 12.2 Å². The van der Waals surface area contributed by atoms with Crippen molar-refractivity contribution in [1.29, 1.82) is 0 Å². The molecule has 1 aliphatic rings. The topological polar surface area (TPSA) is 31.1 Å². The number of fused-ring (bicyclic) bond motifs is 1. The van der Waals surface area contributed by atoms with Crippen molar-refractivity contribution in [2.24, 2.45) is 0 Å². The number of H-pyrrole nitrogens is 1. The number of hydrazine groups is 1. The van der Waals surface area contributed by atoms with Crippen LogP contribution in [0.2, 0.25) is 0 Å². The fraction of sp³-hybridized carbons (Fsp3) is 0.231. The van der Waals surface area contributed by atoms with Crippen LogP contribution in [-0.2, 0) is 0 Å². The van der Waals surface area contributed by atoms with E-state index in [1.165, 1.54) is 23.7 Å². The molecule has 16 heavy (non-hydrogen) atoms. The van der Waals surface area contributed by atoms with E-state index >= 15 is 0 Å². The molecule has 0 bridgehead atoms. The standard InChI is InChI=1S/C13H15N3/c1-4-8-16(9-5-1)15-13-10-14-12-7-3-2-6-11(12)13/h2-4,6-8,10,14-15H,1,5,9H2. The molecule has 2 N–H and O–H groups in total. The predicted molar refractivity (Wildman–Crippen MR) is 67.0 cm³/mol.